The summed E-state index contributed by atoms with van der Waals surface area (Å²) in [6.07, 6.45) is -0.183. The number of rotatable bonds is 2. The van der Waals surface area contributed by atoms with Crippen molar-refractivity contribution in [3.63, 3.8) is 0 Å². The summed E-state index contributed by atoms with van der Waals surface area (Å²) in [6, 6.07) is 15.7. The van der Waals surface area contributed by atoms with Crippen LogP contribution in [-0.2, 0) is 14.9 Å². The van der Waals surface area contributed by atoms with Gasteiger partial charge in [-0.25, -0.2) is 4.79 Å². The Kier molecular flexibility index (Phi) is 4.06. The van der Waals surface area contributed by atoms with Crippen molar-refractivity contribution in [2.75, 3.05) is 25.7 Å². The van der Waals surface area contributed by atoms with Crippen molar-refractivity contribution in [1.29, 1.82) is 0 Å². The molecule has 0 saturated carbocycles. The summed E-state index contributed by atoms with van der Waals surface area (Å²) < 4.78 is 10.4. The highest BCUT2D eigenvalue weighted by Crippen LogP contribution is 2.55. The number of carbonyl (C=O) groups is 2. The van der Waals surface area contributed by atoms with Crippen molar-refractivity contribution >= 4 is 17.7 Å². The molecule has 2 aliphatic heterocycles. The quantitative estimate of drug-likeness (QED) is 0.819. The highest BCUT2D eigenvalue weighted by Gasteiger charge is 2.60. The number of hydrogen-bond donors (Lipinski definition) is 0. The summed E-state index contributed by atoms with van der Waals surface area (Å²) >= 11 is 0. The van der Waals surface area contributed by atoms with E-state index in [0.717, 1.165) is 29.0 Å². The number of fused-ring (bicyclic) bond motifs is 3. The SMILES string of the molecule is COC(=O)N1c2ccccc2[C@@]2(c3ccc(OC)cc3)CCN(C(C)=O)[C@@H]12. The molecule has 2 amide bonds. The Morgan fingerprint density at radius 2 is 1.78 bits per heavy atom. The molecule has 2 aromatic rings. The van der Waals surface area contributed by atoms with Crippen LogP contribution in [0, 0.1) is 0 Å². The molecule has 27 heavy (non-hydrogen) atoms. The molecule has 0 radical (unpaired) electrons. The third-order valence-electron chi connectivity index (χ3n) is 5.75. The average molecular weight is 366 g/mol. The van der Waals surface area contributed by atoms with Crippen LogP contribution in [0.25, 0.3) is 0 Å². The highest BCUT2D eigenvalue weighted by molar-refractivity contribution is 5.94. The zero-order valence-electron chi connectivity index (χ0n) is 15.6. The molecule has 0 aromatic heterocycles. The third kappa shape index (κ3) is 2.32. The second-order valence-corrected chi connectivity index (χ2v) is 6.89. The normalized spacial score (nSPS) is 23.0. The van der Waals surface area contributed by atoms with Crippen molar-refractivity contribution in [2.24, 2.45) is 0 Å². The molecule has 6 heteroatoms. The van der Waals surface area contributed by atoms with Gasteiger partial charge in [-0.3, -0.25) is 9.69 Å². The van der Waals surface area contributed by atoms with E-state index in [4.69, 9.17) is 9.47 Å². The van der Waals surface area contributed by atoms with Crippen LogP contribution >= 0.6 is 0 Å². The van der Waals surface area contributed by atoms with E-state index in [0.29, 0.717) is 6.54 Å². The molecule has 4 rings (SSSR count). The highest BCUT2D eigenvalue weighted by atomic mass is 16.5. The van der Waals surface area contributed by atoms with E-state index >= 15 is 0 Å². The fraction of sp³-hybridized carbons (Fsp3) is 0.333. The molecule has 0 unspecified atom stereocenters. The molecule has 2 heterocycles. The molecule has 1 saturated heterocycles. The van der Waals surface area contributed by atoms with E-state index < -0.39 is 17.7 Å². The largest absolute Gasteiger partial charge is 0.497 e. The van der Waals surface area contributed by atoms with Crippen LogP contribution < -0.4 is 9.64 Å². The van der Waals surface area contributed by atoms with Crippen molar-refractivity contribution < 1.29 is 19.1 Å². The van der Waals surface area contributed by atoms with Crippen molar-refractivity contribution in [3.8, 4) is 5.75 Å². The molecule has 140 valence electrons. The molecule has 2 aromatic carbocycles. The first-order valence-electron chi connectivity index (χ1n) is 8.93. The average Bonchev–Trinajstić information content (AvgIpc) is 3.21. The lowest BCUT2D eigenvalue weighted by molar-refractivity contribution is -0.129. The molecule has 2 aliphatic rings. The third-order valence-corrected chi connectivity index (χ3v) is 5.75. The van der Waals surface area contributed by atoms with Crippen molar-refractivity contribution in [1.82, 2.24) is 4.90 Å². The van der Waals surface area contributed by atoms with Gasteiger partial charge >= 0.3 is 6.09 Å². The van der Waals surface area contributed by atoms with Crippen LogP contribution in [0.2, 0.25) is 0 Å². The lowest BCUT2D eigenvalue weighted by atomic mass is 9.73. The van der Waals surface area contributed by atoms with E-state index in [1.807, 2.05) is 48.5 Å². The van der Waals surface area contributed by atoms with Gasteiger partial charge in [-0.1, -0.05) is 30.3 Å². The molecule has 0 bridgehead atoms. The van der Waals surface area contributed by atoms with E-state index in [1.54, 1.807) is 23.8 Å². The molecule has 0 N–H and O–H groups in total. The first-order valence-corrected chi connectivity index (χ1v) is 8.93. The standard InChI is InChI=1S/C21H22N2O4/c1-14(24)22-13-12-21(15-8-10-16(26-2)11-9-15)17-6-4-5-7-18(17)23(19(21)22)20(25)27-3/h4-11,19H,12-13H2,1-3H3/t19-,21-/m0/s1. The zero-order valence-corrected chi connectivity index (χ0v) is 15.6. The van der Waals surface area contributed by atoms with Crippen LogP contribution in [-0.4, -0.2) is 43.8 Å². The summed E-state index contributed by atoms with van der Waals surface area (Å²) in [5, 5.41) is 0. The van der Waals surface area contributed by atoms with Gasteiger partial charge in [0.05, 0.1) is 25.3 Å². The van der Waals surface area contributed by atoms with Crippen molar-refractivity contribution in [2.45, 2.75) is 24.9 Å². The smallest absolute Gasteiger partial charge is 0.415 e. The number of methoxy groups -OCH3 is 2. The molecule has 0 spiro atoms. The number of anilines is 1. The number of benzene rings is 2. The predicted molar refractivity (Wildman–Crippen MR) is 101 cm³/mol. The van der Waals surface area contributed by atoms with Gasteiger partial charge < -0.3 is 14.4 Å². The number of hydrogen-bond acceptors (Lipinski definition) is 4. The van der Waals surface area contributed by atoms with Crippen LogP contribution in [0.3, 0.4) is 0 Å². The maximum Gasteiger partial charge on any atom is 0.415 e. The van der Waals surface area contributed by atoms with Crippen LogP contribution in [0.1, 0.15) is 24.5 Å². The molecule has 6 nitrogen and oxygen atoms in total. The van der Waals surface area contributed by atoms with Gasteiger partial charge in [0.25, 0.3) is 0 Å². The Morgan fingerprint density at radius 1 is 1.07 bits per heavy atom. The van der Waals surface area contributed by atoms with Crippen LogP contribution in [0.15, 0.2) is 48.5 Å². The number of ether oxygens (including phenoxy) is 2. The van der Waals surface area contributed by atoms with Gasteiger partial charge in [0.2, 0.25) is 5.91 Å². The zero-order chi connectivity index (χ0) is 19.2. The Morgan fingerprint density at radius 3 is 2.41 bits per heavy atom. The monoisotopic (exact) mass is 366 g/mol. The van der Waals surface area contributed by atoms with Crippen LogP contribution in [0.5, 0.6) is 5.75 Å². The first-order chi connectivity index (χ1) is 13.0. The van der Waals surface area contributed by atoms with Gasteiger partial charge in [-0.15, -0.1) is 0 Å². The molecule has 0 aliphatic carbocycles. The minimum atomic E-state index is -0.497. The fourth-order valence-corrected chi connectivity index (χ4v) is 4.60. The molecule has 2 atom stereocenters. The van der Waals surface area contributed by atoms with E-state index in [-0.39, 0.29) is 5.91 Å². The maximum absolute atomic E-state index is 12.7. The van der Waals surface area contributed by atoms with Crippen LogP contribution in [0.4, 0.5) is 10.5 Å². The Hall–Kier alpha value is -3.02. The van der Waals surface area contributed by atoms with E-state index in [2.05, 4.69) is 0 Å². The fourth-order valence-electron chi connectivity index (χ4n) is 4.60. The topological polar surface area (TPSA) is 59.1 Å². The predicted octanol–water partition coefficient (Wildman–Crippen LogP) is 3.15. The maximum atomic E-state index is 12.7. The lowest BCUT2D eigenvalue weighted by Crippen LogP contribution is -2.53. The van der Waals surface area contributed by atoms with Gasteiger partial charge in [0, 0.05) is 13.5 Å². The van der Waals surface area contributed by atoms with Gasteiger partial charge in [0.15, 0.2) is 0 Å². The Balaban J connectivity index is 1.96. The van der Waals surface area contributed by atoms with Crippen molar-refractivity contribution in [3.05, 3.63) is 59.7 Å². The number of nitrogens with zero attached hydrogens (tertiary/aromatic N) is 2. The minimum absolute atomic E-state index is 0.0582. The Labute approximate surface area is 158 Å². The minimum Gasteiger partial charge on any atom is -0.497 e. The lowest BCUT2D eigenvalue weighted by Gasteiger charge is -2.36. The summed E-state index contributed by atoms with van der Waals surface area (Å²) in [6.45, 7) is 2.12. The molecular formula is C21H22N2O4. The Bertz CT molecular complexity index is 895. The first kappa shape index (κ1) is 17.4. The number of para-hydroxylation sites is 1. The van der Waals surface area contributed by atoms with Gasteiger partial charge in [0.1, 0.15) is 11.9 Å². The summed E-state index contributed by atoms with van der Waals surface area (Å²) in [5.74, 6) is 0.710. The summed E-state index contributed by atoms with van der Waals surface area (Å²) in [4.78, 5) is 28.5. The number of carbonyl (C=O) groups excluding carboxylic acids is 2. The molecular weight excluding hydrogens is 344 g/mol. The van der Waals surface area contributed by atoms with E-state index in [1.165, 1.54) is 7.11 Å². The number of likely N-dealkylation sites (tertiary alicyclic amines) is 1. The molecule has 1 fully saturated rings. The summed E-state index contributed by atoms with van der Waals surface area (Å²) in [5.41, 5.74) is 2.38. The van der Waals surface area contributed by atoms with Gasteiger partial charge in [-0.2, -0.15) is 0 Å². The second kappa shape index (κ2) is 6.30. The number of amides is 2. The summed E-state index contributed by atoms with van der Waals surface area (Å²) in [7, 11) is 3.00. The van der Waals surface area contributed by atoms with E-state index in [9.17, 15) is 9.59 Å². The second-order valence-electron chi connectivity index (χ2n) is 6.89. The van der Waals surface area contributed by atoms with Gasteiger partial charge in [-0.05, 0) is 35.7 Å².